The number of hydrogen-bond acceptors (Lipinski definition) is 5. The van der Waals surface area contributed by atoms with Crippen LogP contribution in [0.1, 0.15) is 11.1 Å². The number of ether oxygens (including phenoxy) is 2. The van der Waals surface area contributed by atoms with Crippen molar-refractivity contribution >= 4 is 46.2 Å². The van der Waals surface area contributed by atoms with Crippen LogP contribution in [0.4, 0.5) is 21.0 Å². The molecule has 0 saturated carbocycles. The third kappa shape index (κ3) is 6.11. The number of nitrogen functional groups attached to an aromatic ring is 1. The Hall–Kier alpha value is -3.27. The first-order valence-corrected chi connectivity index (χ1v) is 10.1. The molecule has 8 heteroatoms. The molecular formula is C22H20IN3O4. The number of hydrogen-bond donors (Lipinski definition) is 2. The molecule has 0 radical (unpaired) electrons. The summed E-state index contributed by atoms with van der Waals surface area (Å²) < 4.78 is 11.3. The van der Waals surface area contributed by atoms with Gasteiger partial charge in [-0.15, -0.1) is 0 Å². The van der Waals surface area contributed by atoms with Crippen molar-refractivity contribution in [3.63, 3.8) is 0 Å². The minimum atomic E-state index is -0.789. The summed E-state index contributed by atoms with van der Waals surface area (Å²) in [6.45, 7) is 0.127. The maximum Gasteiger partial charge on any atom is 0.433 e. The number of amides is 2. The second-order valence-corrected chi connectivity index (χ2v) is 7.42. The van der Waals surface area contributed by atoms with Crippen molar-refractivity contribution in [1.82, 2.24) is 5.43 Å². The number of carbonyl (C=O) groups is 2. The molecule has 0 fully saturated rings. The van der Waals surface area contributed by atoms with Gasteiger partial charge in [0.25, 0.3) is 0 Å². The Morgan fingerprint density at radius 2 is 1.43 bits per heavy atom. The molecule has 0 spiro atoms. The smallest absolute Gasteiger partial charge is 0.433 e. The summed E-state index contributed by atoms with van der Waals surface area (Å²) in [5, 5.41) is 0.998. The average molecular weight is 517 g/mol. The van der Waals surface area contributed by atoms with Crippen LogP contribution in [0.5, 0.6) is 0 Å². The van der Waals surface area contributed by atoms with E-state index in [2.05, 4.69) is 5.43 Å². The fourth-order valence-electron chi connectivity index (χ4n) is 2.50. The van der Waals surface area contributed by atoms with E-state index in [1.54, 1.807) is 18.2 Å². The van der Waals surface area contributed by atoms with Crippen LogP contribution in [-0.4, -0.2) is 12.2 Å². The number of benzene rings is 3. The van der Waals surface area contributed by atoms with Crippen LogP contribution in [0.2, 0.25) is 0 Å². The van der Waals surface area contributed by atoms with E-state index in [1.807, 2.05) is 83.3 Å². The molecule has 3 aromatic carbocycles. The molecule has 2 amide bonds. The highest BCUT2D eigenvalue weighted by molar-refractivity contribution is 14.1. The fraction of sp³-hybridized carbons (Fsp3) is 0.0909. The van der Waals surface area contributed by atoms with E-state index in [1.165, 1.54) is 0 Å². The maximum atomic E-state index is 12.7. The first-order chi connectivity index (χ1) is 14.5. The monoisotopic (exact) mass is 517 g/mol. The molecule has 0 saturated heterocycles. The van der Waals surface area contributed by atoms with Gasteiger partial charge in [0.05, 0.1) is 5.69 Å². The summed E-state index contributed by atoms with van der Waals surface area (Å²) in [6, 6.07) is 23.4. The minimum absolute atomic E-state index is 0.0585. The van der Waals surface area contributed by atoms with Crippen LogP contribution in [-0.2, 0) is 22.7 Å². The van der Waals surface area contributed by atoms with Crippen molar-refractivity contribution in [1.29, 1.82) is 0 Å². The van der Waals surface area contributed by atoms with Crippen LogP contribution >= 0.6 is 22.6 Å². The second-order valence-electron chi connectivity index (χ2n) is 6.25. The number of carbonyl (C=O) groups excluding carboxylic acids is 2. The van der Waals surface area contributed by atoms with E-state index >= 15 is 0 Å². The van der Waals surface area contributed by atoms with E-state index in [0.29, 0.717) is 11.4 Å². The van der Waals surface area contributed by atoms with Gasteiger partial charge in [-0.3, -0.25) is 0 Å². The Balaban J connectivity index is 1.70. The largest absolute Gasteiger partial charge is 0.443 e. The van der Waals surface area contributed by atoms with E-state index < -0.39 is 12.2 Å². The highest BCUT2D eigenvalue weighted by Crippen LogP contribution is 2.22. The zero-order chi connectivity index (χ0) is 21.3. The summed E-state index contributed by atoms with van der Waals surface area (Å²) in [5.41, 5.74) is 10.9. The molecule has 7 nitrogen and oxygen atoms in total. The normalized spacial score (nSPS) is 10.2. The lowest BCUT2D eigenvalue weighted by Gasteiger charge is -2.23. The molecule has 0 unspecified atom stereocenters. The van der Waals surface area contributed by atoms with Gasteiger partial charge in [-0.1, -0.05) is 60.7 Å². The molecule has 154 valence electrons. The van der Waals surface area contributed by atoms with Crippen molar-refractivity contribution < 1.29 is 19.1 Å². The first kappa shape index (κ1) is 21.4. The highest BCUT2D eigenvalue weighted by atomic mass is 127. The lowest BCUT2D eigenvalue weighted by Crippen LogP contribution is -2.47. The van der Waals surface area contributed by atoms with Gasteiger partial charge in [-0.05, 0) is 51.9 Å². The van der Waals surface area contributed by atoms with Crippen LogP contribution in [0, 0.1) is 3.57 Å². The SMILES string of the molecule is Nc1ccc(N(NC(=O)OCc2ccccc2)C(=O)OCc2ccccc2)cc1I. The molecule has 0 aliphatic rings. The van der Waals surface area contributed by atoms with Crippen LogP contribution in [0.3, 0.4) is 0 Å². The van der Waals surface area contributed by atoms with Gasteiger partial charge >= 0.3 is 12.2 Å². The topological polar surface area (TPSA) is 93.9 Å². The number of nitrogens with one attached hydrogen (secondary N) is 1. The minimum Gasteiger partial charge on any atom is -0.443 e. The molecule has 3 N–H and O–H groups in total. The third-order valence-electron chi connectivity index (χ3n) is 4.05. The average Bonchev–Trinajstić information content (AvgIpc) is 2.78. The number of halogens is 1. The van der Waals surface area contributed by atoms with Crippen molar-refractivity contribution in [3.8, 4) is 0 Å². The summed E-state index contributed by atoms with van der Waals surface area (Å²) in [5.74, 6) is 0. The van der Waals surface area contributed by atoms with E-state index in [4.69, 9.17) is 15.2 Å². The second kappa shape index (κ2) is 10.5. The molecule has 3 aromatic rings. The Kier molecular flexibility index (Phi) is 7.50. The van der Waals surface area contributed by atoms with Gasteiger partial charge < -0.3 is 15.2 Å². The molecule has 0 aliphatic heterocycles. The van der Waals surface area contributed by atoms with Crippen LogP contribution < -0.4 is 16.2 Å². The van der Waals surface area contributed by atoms with Gasteiger partial charge in [0.2, 0.25) is 0 Å². The summed E-state index contributed by atoms with van der Waals surface area (Å²) in [4.78, 5) is 25.0. The Bertz CT molecular complexity index is 1000. The van der Waals surface area contributed by atoms with Crippen molar-refractivity contribution in [2.24, 2.45) is 0 Å². The highest BCUT2D eigenvalue weighted by Gasteiger charge is 2.22. The molecule has 0 heterocycles. The predicted octanol–water partition coefficient (Wildman–Crippen LogP) is 4.86. The Morgan fingerprint density at radius 3 is 2.00 bits per heavy atom. The lowest BCUT2D eigenvalue weighted by atomic mass is 10.2. The Morgan fingerprint density at radius 1 is 0.867 bits per heavy atom. The molecule has 0 atom stereocenters. The zero-order valence-corrected chi connectivity index (χ0v) is 18.1. The quantitative estimate of drug-likeness (QED) is 0.287. The van der Waals surface area contributed by atoms with Crippen molar-refractivity contribution in [3.05, 3.63) is 93.6 Å². The van der Waals surface area contributed by atoms with Gasteiger partial charge in [0.15, 0.2) is 0 Å². The van der Waals surface area contributed by atoms with Gasteiger partial charge in [0, 0.05) is 9.26 Å². The maximum absolute atomic E-state index is 12.7. The van der Waals surface area contributed by atoms with E-state index in [0.717, 1.165) is 19.7 Å². The summed E-state index contributed by atoms with van der Waals surface area (Å²) in [6.07, 6.45) is -1.54. The number of nitrogens with two attached hydrogens (primary N) is 1. The van der Waals surface area contributed by atoms with E-state index in [-0.39, 0.29) is 13.2 Å². The lowest BCUT2D eigenvalue weighted by molar-refractivity contribution is 0.126. The summed E-state index contributed by atoms with van der Waals surface area (Å²) in [7, 11) is 0. The van der Waals surface area contributed by atoms with E-state index in [9.17, 15) is 9.59 Å². The first-order valence-electron chi connectivity index (χ1n) is 9.06. The molecule has 0 aliphatic carbocycles. The standard InChI is InChI=1S/C22H20IN3O4/c23-19-13-18(11-12-20(19)24)26(22(28)30-15-17-9-5-2-6-10-17)25-21(27)29-14-16-7-3-1-4-8-16/h1-13H,14-15,24H2,(H,25,27). The molecular weight excluding hydrogens is 497 g/mol. The number of hydrazine groups is 1. The molecule has 30 heavy (non-hydrogen) atoms. The number of nitrogens with zero attached hydrogens (tertiary/aromatic N) is 1. The van der Waals surface area contributed by atoms with Crippen molar-refractivity contribution in [2.45, 2.75) is 13.2 Å². The van der Waals surface area contributed by atoms with Gasteiger partial charge in [-0.25, -0.2) is 15.0 Å². The third-order valence-corrected chi connectivity index (χ3v) is 4.98. The zero-order valence-electron chi connectivity index (χ0n) is 16.0. The number of anilines is 2. The molecule has 3 rings (SSSR count). The summed E-state index contributed by atoms with van der Waals surface area (Å²) >= 11 is 2.05. The van der Waals surface area contributed by atoms with Gasteiger partial charge in [-0.2, -0.15) is 5.01 Å². The van der Waals surface area contributed by atoms with Crippen molar-refractivity contribution in [2.75, 3.05) is 10.7 Å². The predicted molar refractivity (Wildman–Crippen MR) is 122 cm³/mol. The van der Waals surface area contributed by atoms with Gasteiger partial charge in [0.1, 0.15) is 13.2 Å². The van der Waals surface area contributed by atoms with Crippen LogP contribution in [0.15, 0.2) is 78.9 Å². The van der Waals surface area contributed by atoms with Crippen LogP contribution in [0.25, 0.3) is 0 Å². The molecule has 0 aromatic heterocycles. The number of rotatable bonds is 5. The molecule has 0 bridgehead atoms. The Labute approximate surface area is 187 Å². The fourth-order valence-corrected chi connectivity index (χ4v) is 3.00.